The number of aliphatic hydroxyl groups excluding tert-OH is 1. The average Bonchev–Trinajstić information content (AvgIpc) is 2.54. The highest BCUT2D eigenvalue weighted by atomic mass is 79.9. The molecule has 0 amide bonds. The molecule has 2 rings (SSSR count). The van der Waals surface area contributed by atoms with Crippen LogP contribution in [-0.2, 0) is 0 Å². The van der Waals surface area contributed by atoms with Crippen molar-refractivity contribution in [2.75, 3.05) is 7.11 Å². The molecule has 0 bridgehead atoms. The zero-order chi connectivity index (χ0) is 15.5. The Morgan fingerprint density at radius 2 is 2.33 bits per heavy atom. The average molecular weight is 352 g/mol. The van der Waals surface area contributed by atoms with Gasteiger partial charge in [-0.1, -0.05) is 42.1 Å². The number of benzene rings is 1. The largest absolute Gasteiger partial charge is 0.496 e. The van der Waals surface area contributed by atoms with Crippen molar-refractivity contribution >= 4 is 15.9 Å². The summed E-state index contributed by atoms with van der Waals surface area (Å²) in [6.07, 6.45) is 3.91. The quantitative estimate of drug-likeness (QED) is 0.862. The van der Waals surface area contributed by atoms with Gasteiger partial charge in [0, 0.05) is 10.0 Å². The molecule has 3 unspecified atom stereocenters. The molecule has 1 aromatic carbocycles. The third kappa shape index (κ3) is 3.25. The first-order valence-corrected chi connectivity index (χ1v) is 8.28. The van der Waals surface area contributed by atoms with Crippen LogP contribution in [0.1, 0.15) is 50.7 Å². The van der Waals surface area contributed by atoms with Crippen LogP contribution in [0.25, 0.3) is 0 Å². The van der Waals surface area contributed by atoms with Crippen LogP contribution < -0.4 is 4.74 Å². The van der Waals surface area contributed by atoms with Crippen LogP contribution in [0.5, 0.6) is 5.75 Å². The van der Waals surface area contributed by atoms with E-state index in [0.717, 1.165) is 36.6 Å². The molecule has 1 aliphatic rings. The number of hydrogen-bond acceptors (Lipinski definition) is 3. The van der Waals surface area contributed by atoms with Crippen molar-refractivity contribution in [2.45, 2.75) is 45.1 Å². The maximum Gasteiger partial charge on any atom is 0.124 e. The number of halogens is 1. The third-order valence-corrected chi connectivity index (χ3v) is 5.19. The van der Waals surface area contributed by atoms with Crippen LogP contribution in [-0.4, -0.2) is 12.2 Å². The fourth-order valence-electron chi connectivity index (χ4n) is 3.40. The van der Waals surface area contributed by atoms with E-state index in [0.29, 0.717) is 17.2 Å². The fraction of sp³-hybridized carbons (Fsp3) is 0.588. The SMILES string of the molecule is CCC1CCCC(C#N)(C(O)c2cc(Br)ccc2OC)C1. The number of nitriles is 1. The van der Waals surface area contributed by atoms with Gasteiger partial charge in [0.1, 0.15) is 11.9 Å². The van der Waals surface area contributed by atoms with E-state index >= 15 is 0 Å². The summed E-state index contributed by atoms with van der Waals surface area (Å²) in [6.45, 7) is 2.16. The maximum absolute atomic E-state index is 10.9. The molecule has 3 atom stereocenters. The minimum atomic E-state index is -0.815. The molecule has 1 N–H and O–H groups in total. The first-order valence-electron chi connectivity index (χ1n) is 7.49. The van der Waals surface area contributed by atoms with E-state index < -0.39 is 11.5 Å². The highest BCUT2D eigenvalue weighted by Crippen LogP contribution is 2.50. The smallest absolute Gasteiger partial charge is 0.124 e. The van der Waals surface area contributed by atoms with E-state index in [1.807, 2.05) is 18.2 Å². The summed E-state index contributed by atoms with van der Waals surface area (Å²) in [6, 6.07) is 8.00. The standard InChI is InChI=1S/C17H22BrNO2/c1-3-12-5-4-8-17(10-12,11-19)16(20)14-9-13(18)6-7-15(14)21-2/h6-7,9,12,16,20H,3-5,8,10H2,1-2H3. The topological polar surface area (TPSA) is 53.2 Å². The van der Waals surface area contributed by atoms with E-state index in [2.05, 4.69) is 28.9 Å². The van der Waals surface area contributed by atoms with Crippen molar-refractivity contribution in [1.29, 1.82) is 5.26 Å². The van der Waals surface area contributed by atoms with E-state index in [1.54, 1.807) is 7.11 Å². The summed E-state index contributed by atoms with van der Waals surface area (Å²) in [5, 5.41) is 20.7. The van der Waals surface area contributed by atoms with Gasteiger partial charge in [0.15, 0.2) is 0 Å². The number of hydrogen-bond donors (Lipinski definition) is 1. The van der Waals surface area contributed by atoms with Crippen molar-refractivity contribution < 1.29 is 9.84 Å². The number of nitrogens with zero attached hydrogens (tertiary/aromatic N) is 1. The van der Waals surface area contributed by atoms with Crippen LogP contribution >= 0.6 is 15.9 Å². The Morgan fingerprint density at radius 3 is 2.95 bits per heavy atom. The lowest BCUT2D eigenvalue weighted by Crippen LogP contribution is -2.33. The Kier molecular flexibility index (Phi) is 5.29. The zero-order valence-electron chi connectivity index (χ0n) is 12.6. The maximum atomic E-state index is 10.9. The van der Waals surface area contributed by atoms with Gasteiger partial charge in [-0.15, -0.1) is 0 Å². The molecule has 0 saturated heterocycles. The number of rotatable bonds is 4. The van der Waals surface area contributed by atoms with Crippen molar-refractivity contribution in [2.24, 2.45) is 11.3 Å². The van der Waals surface area contributed by atoms with Crippen LogP contribution in [0.3, 0.4) is 0 Å². The highest BCUT2D eigenvalue weighted by molar-refractivity contribution is 9.10. The van der Waals surface area contributed by atoms with Gasteiger partial charge in [-0.05, 0) is 37.0 Å². The van der Waals surface area contributed by atoms with Crippen molar-refractivity contribution in [1.82, 2.24) is 0 Å². The van der Waals surface area contributed by atoms with Crippen molar-refractivity contribution in [3.8, 4) is 11.8 Å². The normalized spacial score (nSPS) is 26.9. The van der Waals surface area contributed by atoms with Crippen molar-refractivity contribution in [3.05, 3.63) is 28.2 Å². The van der Waals surface area contributed by atoms with Gasteiger partial charge < -0.3 is 9.84 Å². The van der Waals surface area contributed by atoms with E-state index in [4.69, 9.17) is 4.74 Å². The van der Waals surface area contributed by atoms with Crippen LogP contribution in [0.2, 0.25) is 0 Å². The monoisotopic (exact) mass is 351 g/mol. The number of aliphatic hydroxyl groups is 1. The van der Waals surface area contributed by atoms with Gasteiger partial charge in [0.05, 0.1) is 18.6 Å². The van der Waals surface area contributed by atoms with Crippen LogP contribution in [0, 0.1) is 22.7 Å². The third-order valence-electron chi connectivity index (χ3n) is 4.70. The Hall–Kier alpha value is -1.05. The van der Waals surface area contributed by atoms with Crippen LogP contribution in [0.15, 0.2) is 22.7 Å². The Labute approximate surface area is 135 Å². The molecule has 0 radical (unpaired) electrons. The van der Waals surface area contributed by atoms with Crippen LogP contribution in [0.4, 0.5) is 0 Å². The molecule has 1 fully saturated rings. The second-order valence-corrected chi connectivity index (χ2v) is 6.84. The minimum absolute atomic E-state index is 0.520. The van der Waals surface area contributed by atoms with E-state index in [-0.39, 0.29) is 0 Å². The zero-order valence-corrected chi connectivity index (χ0v) is 14.2. The Bertz CT molecular complexity index is 540. The molecule has 0 aliphatic heterocycles. The molecular weight excluding hydrogens is 330 g/mol. The van der Waals surface area contributed by atoms with Crippen molar-refractivity contribution in [3.63, 3.8) is 0 Å². The molecule has 3 nitrogen and oxygen atoms in total. The summed E-state index contributed by atoms with van der Waals surface area (Å²) in [5.74, 6) is 1.16. The van der Waals surface area contributed by atoms with E-state index in [1.165, 1.54) is 0 Å². The first-order chi connectivity index (χ1) is 10.1. The predicted octanol–water partition coefficient (Wildman–Crippen LogP) is 4.60. The lowest BCUT2D eigenvalue weighted by Gasteiger charge is -2.39. The summed E-state index contributed by atoms with van der Waals surface area (Å²) in [5.41, 5.74) is -0.00215. The molecule has 1 aromatic rings. The molecule has 4 heteroatoms. The molecule has 114 valence electrons. The Balaban J connectivity index is 2.38. The Morgan fingerprint density at radius 1 is 1.57 bits per heavy atom. The summed E-state index contributed by atoms with van der Waals surface area (Å²) >= 11 is 3.43. The lowest BCUT2D eigenvalue weighted by molar-refractivity contribution is 0.0170. The molecule has 0 heterocycles. The molecular formula is C17H22BrNO2. The van der Waals surface area contributed by atoms with Gasteiger partial charge >= 0.3 is 0 Å². The minimum Gasteiger partial charge on any atom is -0.496 e. The lowest BCUT2D eigenvalue weighted by atomic mass is 9.65. The van der Waals surface area contributed by atoms with Gasteiger partial charge in [-0.3, -0.25) is 0 Å². The second kappa shape index (κ2) is 6.81. The molecule has 1 aliphatic carbocycles. The summed E-state index contributed by atoms with van der Waals surface area (Å²) in [7, 11) is 1.59. The molecule has 0 aromatic heterocycles. The number of ether oxygens (including phenoxy) is 1. The molecule has 1 saturated carbocycles. The first kappa shape index (κ1) is 16.3. The molecule has 21 heavy (non-hydrogen) atoms. The van der Waals surface area contributed by atoms with Gasteiger partial charge in [-0.2, -0.15) is 5.26 Å². The van der Waals surface area contributed by atoms with Gasteiger partial charge in [-0.25, -0.2) is 0 Å². The molecule has 0 spiro atoms. The van der Waals surface area contributed by atoms with Gasteiger partial charge in [0.25, 0.3) is 0 Å². The second-order valence-electron chi connectivity index (χ2n) is 5.93. The van der Waals surface area contributed by atoms with Gasteiger partial charge in [0.2, 0.25) is 0 Å². The summed E-state index contributed by atoms with van der Waals surface area (Å²) < 4.78 is 6.25. The fourth-order valence-corrected chi connectivity index (χ4v) is 3.78. The predicted molar refractivity (Wildman–Crippen MR) is 85.9 cm³/mol. The number of methoxy groups -OCH3 is 1. The van der Waals surface area contributed by atoms with E-state index in [9.17, 15) is 10.4 Å². The highest BCUT2D eigenvalue weighted by Gasteiger charge is 2.43. The summed E-state index contributed by atoms with van der Waals surface area (Å²) in [4.78, 5) is 0.